The number of aromatic nitrogens is 2. The summed E-state index contributed by atoms with van der Waals surface area (Å²) in [5.41, 5.74) is 2.26. The van der Waals surface area contributed by atoms with E-state index in [4.69, 9.17) is 4.52 Å². The maximum Gasteiger partial charge on any atom is 0.230 e. The van der Waals surface area contributed by atoms with Gasteiger partial charge in [-0.2, -0.15) is 4.98 Å². The van der Waals surface area contributed by atoms with Crippen molar-refractivity contribution in [3.63, 3.8) is 0 Å². The Kier molecular flexibility index (Phi) is 4.14. The molecule has 1 atom stereocenters. The molecule has 0 spiro atoms. The van der Waals surface area contributed by atoms with Crippen molar-refractivity contribution in [2.75, 3.05) is 13.1 Å². The third kappa shape index (κ3) is 3.31. The number of likely N-dealkylation sites (tertiary alicyclic amines) is 1. The monoisotopic (exact) mass is 313 g/mol. The molecular formula is C18H23N3O2. The zero-order chi connectivity index (χ0) is 15.6. The summed E-state index contributed by atoms with van der Waals surface area (Å²) >= 11 is 0. The van der Waals surface area contributed by atoms with Gasteiger partial charge in [0.2, 0.25) is 11.7 Å². The van der Waals surface area contributed by atoms with Gasteiger partial charge < -0.3 is 9.63 Å². The second-order valence-corrected chi connectivity index (χ2v) is 6.81. The summed E-state index contributed by atoms with van der Waals surface area (Å²) in [6, 6.07) is 8.35. The van der Waals surface area contributed by atoms with Crippen LogP contribution in [0.15, 0.2) is 28.8 Å². The average molecular weight is 313 g/mol. The van der Waals surface area contributed by atoms with Crippen molar-refractivity contribution in [2.24, 2.45) is 0 Å². The number of nitrogens with zero attached hydrogens (tertiary/aromatic N) is 3. The fourth-order valence-corrected chi connectivity index (χ4v) is 3.66. The van der Waals surface area contributed by atoms with Crippen LogP contribution in [-0.4, -0.2) is 39.3 Å². The molecule has 2 aliphatic rings. The second-order valence-electron chi connectivity index (χ2n) is 6.81. The van der Waals surface area contributed by atoms with Crippen molar-refractivity contribution in [1.29, 1.82) is 0 Å². The van der Waals surface area contributed by atoms with E-state index in [-0.39, 0.29) is 6.10 Å². The molecule has 23 heavy (non-hydrogen) atoms. The minimum atomic E-state index is -0.164. The quantitative estimate of drug-likeness (QED) is 0.940. The zero-order valence-corrected chi connectivity index (χ0v) is 13.3. The minimum absolute atomic E-state index is 0.164. The van der Waals surface area contributed by atoms with E-state index < -0.39 is 0 Å². The fourth-order valence-electron chi connectivity index (χ4n) is 3.66. The number of aliphatic hydroxyl groups is 1. The molecule has 1 aromatic heterocycles. The van der Waals surface area contributed by atoms with Gasteiger partial charge in [0.1, 0.15) is 0 Å². The van der Waals surface area contributed by atoms with Crippen molar-refractivity contribution >= 4 is 0 Å². The van der Waals surface area contributed by atoms with Crippen LogP contribution in [-0.2, 0) is 6.54 Å². The van der Waals surface area contributed by atoms with E-state index in [1.54, 1.807) is 0 Å². The molecule has 1 saturated carbocycles. The molecule has 0 radical (unpaired) electrons. The van der Waals surface area contributed by atoms with Gasteiger partial charge in [0.15, 0.2) is 0 Å². The highest BCUT2D eigenvalue weighted by Gasteiger charge is 2.23. The smallest absolute Gasteiger partial charge is 0.230 e. The highest BCUT2D eigenvalue weighted by atomic mass is 16.5. The Morgan fingerprint density at radius 1 is 1.13 bits per heavy atom. The topological polar surface area (TPSA) is 62.4 Å². The van der Waals surface area contributed by atoms with Gasteiger partial charge in [-0.15, -0.1) is 0 Å². The molecule has 0 bridgehead atoms. The van der Waals surface area contributed by atoms with Crippen LogP contribution in [0.2, 0.25) is 0 Å². The van der Waals surface area contributed by atoms with E-state index in [0.29, 0.717) is 11.7 Å². The molecule has 2 fully saturated rings. The number of hydrogen-bond acceptors (Lipinski definition) is 5. The van der Waals surface area contributed by atoms with Crippen molar-refractivity contribution in [2.45, 2.75) is 50.7 Å². The molecule has 0 unspecified atom stereocenters. The molecule has 4 rings (SSSR count). The van der Waals surface area contributed by atoms with Crippen molar-refractivity contribution in [1.82, 2.24) is 15.0 Å². The molecule has 5 nitrogen and oxygen atoms in total. The lowest BCUT2D eigenvalue weighted by atomic mass is 10.1. The highest BCUT2D eigenvalue weighted by Crippen LogP contribution is 2.33. The van der Waals surface area contributed by atoms with E-state index >= 15 is 0 Å². The summed E-state index contributed by atoms with van der Waals surface area (Å²) in [7, 11) is 0. The van der Waals surface area contributed by atoms with Gasteiger partial charge in [-0.3, -0.25) is 4.90 Å². The highest BCUT2D eigenvalue weighted by molar-refractivity contribution is 5.54. The summed E-state index contributed by atoms with van der Waals surface area (Å²) < 4.78 is 5.46. The molecule has 1 aliphatic carbocycles. The summed E-state index contributed by atoms with van der Waals surface area (Å²) in [6.45, 7) is 2.63. The fraction of sp³-hybridized carbons (Fsp3) is 0.556. The third-order valence-corrected chi connectivity index (χ3v) is 5.01. The summed E-state index contributed by atoms with van der Waals surface area (Å²) in [6.07, 6.45) is 5.59. The van der Waals surface area contributed by atoms with Crippen LogP contribution < -0.4 is 0 Å². The van der Waals surface area contributed by atoms with Gasteiger partial charge in [-0.1, -0.05) is 42.3 Å². The molecule has 5 heteroatoms. The number of aliphatic hydroxyl groups excluding tert-OH is 1. The Bertz CT molecular complexity index is 647. The molecule has 2 aromatic rings. The summed E-state index contributed by atoms with van der Waals surface area (Å²) in [4.78, 5) is 6.87. The van der Waals surface area contributed by atoms with Crippen LogP contribution in [0.4, 0.5) is 0 Å². The first-order valence-electron chi connectivity index (χ1n) is 8.61. The number of β-amino-alcohol motifs (C(OH)–C–C–N with tert-alkyl or cyclic N) is 1. The first-order valence-corrected chi connectivity index (χ1v) is 8.61. The SMILES string of the molecule is O[C@H]1CCN(Cc2ccc(-c3noc(C4CCCC4)n3)cc2)C1. The minimum Gasteiger partial charge on any atom is -0.392 e. The maximum atomic E-state index is 9.59. The summed E-state index contributed by atoms with van der Waals surface area (Å²) in [5, 5.41) is 13.7. The second kappa shape index (κ2) is 6.42. The number of hydrogen-bond donors (Lipinski definition) is 1. The average Bonchev–Trinajstić information content (AvgIpc) is 3.28. The van der Waals surface area contributed by atoms with Crippen LogP contribution in [0.3, 0.4) is 0 Å². The van der Waals surface area contributed by atoms with E-state index in [2.05, 4.69) is 39.3 Å². The van der Waals surface area contributed by atoms with Crippen LogP contribution in [0.25, 0.3) is 11.4 Å². The van der Waals surface area contributed by atoms with Gasteiger partial charge >= 0.3 is 0 Å². The first-order chi connectivity index (χ1) is 11.3. The molecule has 1 saturated heterocycles. The Morgan fingerprint density at radius 3 is 2.61 bits per heavy atom. The Balaban J connectivity index is 1.43. The van der Waals surface area contributed by atoms with Gasteiger partial charge in [0, 0.05) is 31.1 Å². The number of benzene rings is 1. The van der Waals surface area contributed by atoms with E-state index in [9.17, 15) is 5.11 Å². The van der Waals surface area contributed by atoms with Crippen molar-refractivity contribution in [3.8, 4) is 11.4 Å². The van der Waals surface area contributed by atoms with Crippen LogP contribution in [0.5, 0.6) is 0 Å². The Hall–Kier alpha value is -1.72. The molecule has 1 aliphatic heterocycles. The van der Waals surface area contributed by atoms with Gasteiger partial charge in [0.05, 0.1) is 6.10 Å². The third-order valence-electron chi connectivity index (χ3n) is 5.01. The van der Waals surface area contributed by atoms with Crippen LogP contribution in [0, 0.1) is 0 Å². The molecule has 0 amide bonds. The van der Waals surface area contributed by atoms with Gasteiger partial charge in [0.25, 0.3) is 0 Å². The Morgan fingerprint density at radius 2 is 1.91 bits per heavy atom. The largest absolute Gasteiger partial charge is 0.392 e. The van der Waals surface area contributed by atoms with Crippen LogP contribution in [0.1, 0.15) is 49.5 Å². The molecule has 2 heterocycles. The normalized spacial score (nSPS) is 22.9. The van der Waals surface area contributed by atoms with Gasteiger partial charge in [-0.25, -0.2) is 0 Å². The predicted molar refractivity (Wildman–Crippen MR) is 86.8 cm³/mol. The van der Waals surface area contributed by atoms with Crippen molar-refractivity contribution in [3.05, 3.63) is 35.7 Å². The predicted octanol–water partition coefficient (Wildman–Crippen LogP) is 2.96. The molecular weight excluding hydrogens is 290 g/mol. The molecule has 1 N–H and O–H groups in total. The van der Waals surface area contributed by atoms with E-state index in [1.807, 2.05) is 0 Å². The maximum absolute atomic E-state index is 9.59. The lowest BCUT2D eigenvalue weighted by molar-refractivity contribution is 0.175. The van der Waals surface area contributed by atoms with E-state index in [0.717, 1.165) is 37.5 Å². The van der Waals surface area contributed by atoms with Crippen LogP contribution >= 0.6 is 0 Å². The zero-order valence-electron chi connectivity index (χ0n) is 13.3. The molecule has 1 aromatic carbocycles. The lowest BCUT2D eigenvalue weighted by Crippen LogP contribution is -2.21. The number of rotatable bonds is 4. The van der Waals surface area contributed by atoms with Crippen molar-refractivity contribution < 1.29 is 9.63 Å². The first kappa shape index (κ1) is 14.8. The summed E-state index contributed by atoms with van der Waals surface area (Å²) in [5.74, 6) is 1.94. The van der Waals surface area contributed by atoms with E-state index in [1.165, 1.54) is 31.2 Å². The molecule has 122 valence electrons. The lowest BCUT2D eigenvalue weighted by Gasteiger charge is -2.14. The van der Waals surface area contributed by atoms with Gasteiger partial charge in [-0.05, 0) is 24.8 Å². The standard InChI is InChI=1S/C18H23N3O2/c22-16-9-10-21(12-16)11-13-5-7-14(8-6-13)17-19-18(23-20-17)15-3-1-2-4-15/h5-8,15-16,22H,1-4,9-12H2/t16-/m0/s1. The Labute approximate surface area is 136 Å².